The summed E-state index contributed by atoms with van der Waals surface area (Å²) in [6.45, 7) is 0.718. The molecule has 2 aromatic carbocycles. The quantitative estimate of drug-likeness (QED) is 0.783. The molecule has 0 radical (unpaired) electrons. The average Bonchev–Trinajstić information content (AvgIpc) is 2.47. The van der Waals surface area contributed by atoms with Crippen LogP contribution in [-0.2, 0) is 6.54 Å². The minimum Gasteiger partial charge on any atom is -0.369 e. The Hall–Kier alpha value is -2.60. The Morgan fingerprint density at radius 1 is 1.21 bits per heavy atom. The zero-order valence-electron chi connectivity index (χ0n) is 10.7. The highest BCUT2D eigenvalue weighted by Crippen LogP contribution is 2.21. The Balaban J connectivity index is 2.26. The zero-order chi connectivity index (χ0) is 13.7. The molecular weight excluding hydrogens is 236 g/mol. The number of nitrogens with zero attached hydrogens (tertiary/aromatic N) is 2. The van der Waals surface area contributed by atoms with Crippen molar-refractivity contribution in [3.63, 3.8) is 0 Å². The largest absolute Gasteiger partial charge is 0.369 e. The van der Waals surface area contributed by atoms with Crippen molar-refractivity contribution in [1.82, 2.24) is 0 Å². The molecule has 0 aliphatic heterocycles. The van der Waals surface area contributed by atoms with Crippen molar-refractivity contribution in [1.29, 1.82) is 5.26 Å². The highest BCUT2D eigenvalue weighted by molar-refractivity contribution is 5.78. The minimum atomic E-state index is 0.517. The van der Waals surface area contributed by atoms with Gasteiger partial charge in [0, 0.05) is 19.2 Å². The van der Waals surface area contributed by atoms with Crippen LogP contribution >= 0.6 is 0 Å². The topological polar surface area (TPSA) is 44.1 Å². The second-order valence-corrected chi connectivity index (χ2v) is 4.35. The molecule has 0 aliphatic carbocycles. The normalized spacial score (nSPS) is 9.68. The molecule has 0 amide bonds. The Morgan fingerprint density at radius 2 is 1.95 bits per heavy atom. The van der Waals surface area contributed by atoms with Gasteiger partial charge in [0.2, 0.25) is 0 Å². The second kappa shape index (κ2) is 5.83. The van der Waals surface area contributed by atoms with E-state index in [0.717, 1.165) is 18.5 Å². The van der Waals surface area contributed by atoms with Gasteiger partial charge in [-0.15, -0.1) is 0 Å². The first-order chi connectivity index (χ1) is 9.24. The molecule has 2 aromatic rings. The van der Waals surface area contributed by atoms with Gasteiger partial charge in [-0.2, -0.15) is 5.26 Å². The molecular formula is C16H14N2O. The number of hydrogen-bond acceptors (Lipinski definition) is 3. The lowest BCUT2D eigenvalue weighted by Crippen LogP contribution is -2.17. The molecule has 0 heterocycles. The van der Waals surface area contributed by atoms with E-state index in [9.17, 15) is 4.79 Å². The maximum atomic E-state index is 10.7. The van der Waals surface area contributed by atoms with Crippen LogP contribution in [0.1, 0.15) is 21.5 Å². The van der Waals surface area contributed by atoms with Gasteiger partial charge >= 0.3 is 0 Å². The number of benzene rings is 2. The van der Waals surface area contributed by atoms with E-state index in [1.165, 1.54) is 5.56 Å². The van der Waals surface area contributed by atoms with E-state index in [-0.39, 0.29) is 0 Å². The predicted molar refractivity (Wildman–Crippen MR) is 75.1 cm³/mol. The molecule has 3 nitrogen and oxygen atoms in total. The summed E-state index contributed by atoms with van der Waals surface area (Å²) in [6, 6.07) is 17.3. The molecule has 0 bridgehead atoms. The van der Waals surface area contributed by atoms with Gasteiger partial charge in [-0.3, -0.25) is 4.79 Å². The first-order valence-corrected chi connectivity index (χ1v) is 5.99. The fraction of sp³-hybridized carbons (Fsp3) is 0.125. The van der Waals surface area contributed by atoms with Crippen LogP contribution in [0.3, 0.4) is 0 Å². The van der Waals surface area contributed by atoms with E-state index < -0.39 is 0 Å². The SMILES string of the molecule is CN(Cc1ccccc1)c1ccc(C=O)cc1C#N. The summed E-state index contributed by atoms with van der Waals surface area (Å²) in [7, 11) is 1.93. The standard InChI is InChI=1S/C16H14N2O/c1-18(11-13-5-3-2-4-6-13)16-8-7-14(12-19)9-15(16)10-17/h2-9,12H,11H2,1H3. The first kappa shape index (κ1) is 12.8. The number of anilines is 1. The van der Waals surface area contributed by atoms with E-state index in [4.69, 9.17) is 5.26 Å². The number of carbonyl (C=O) groups is 1. The first-order valence-electron chi connectivity index (χ1n) is 5.99. The van der Waals surface area contributed by atoms with Crippen molar-refractivity contribution >= 4 is 12.0 Å². The van der Waals surface area contributed by atoms with Crippen molar-refractivity contribution in [3.05, 3.63) is 65.2 Å². The summed E-state index contributed by atoms with van der Waals surface area (Å²) in [5, 5.41) is 9.16. The zero-order valence-corrected chi connectivity index (χ0v) is 10.7. The molecule has 19 heavy (non-hydrogen) atoms. The van der Waals surface area contributed by atoms with Crippen LogP contribution in [0.25, 0.3) is 0 Å². The number of hydrogen-bond donors (Lipinski definition) is 0. The summed E-state index contributed by atoms with van der Waals surface area (Å²) < 4.78 is 0. The van der Waals surface area contributed by atoms with Crippen molar-refractivity contribution in [2.24, 2.45) is 0 Å². The maximum absolute atomic E-state index is 10.7. The average molecular weight is 250 g/mol. The van der Waals surface area contributed by atoms with Crippen LogP contribution in [0.2, 0.25) is 0 Å². The molecule has 0 aliphatic rings. The minimum absolute atomic E-state index is 0.517. The van der Waals surface area contributed by atoms with Crippen LogP contribution in [0.15, 0.2) is 48.5 Å². The van der Waals surface area contributed by atoms with Gasteiger partial charge in [-0.05, 0) is 23.8 Å². The van der Waals surface area contributed by atoms with Gasteiger partial charge in [-0.25, -0.2) is 0 Å². The van der Waals surface area contributed by atoms with Crippen molar-refractivity contribution < 1.29 is 4.79 Å². The number of carbonyl (C=O) groups excluding carboxylic acids is 1. The molecule has 0 saturated heterocycles. The smallest absolute Gasteiger partial charge is 0.150 e. The fourth-order valence-electron chi connectivity index (χ4n) is 1.99. The Bertz CT molecular complexity index is 614. The highest BCUT2D eigenvalue weighted by Gasteiger charge is 2.08. The van der Waals surface area contributed by atoms with Crippen LogP contribution in [0, 0.1) is 11.3 Å². The Kier molecular flexibility index (Phi) is 3.94. The molecule has 0 unspecified atom stereocenters. The molecule has 0 aromatic heterocycles. The third kappa shape index (κ3) is 2.99. The summed E-state index contributed by atoms with van der Waals surface area (Å²) in [4.78, 5) is 12.7. The third-order valence-electron chi connectivity index (χ3n) is 2.95. The number of aldehydes is 1. The monoisotopic (exact) mass is 250 g/mol. The molecule has 0 fully saturated rings. The van der Waals surface area contributed by atoms with Crippen molar-refractivity contribution in [3.8, 4) is 6.07 Å². The molecule has 3 heteroatoms. The van der Waals surface area contributed by atoms with Crippen LogP contribution < -0.4 is 4.90 Å². The van der Waals surface area contributed by atoms with Crippen LogP contribution in [0.4, 0.5) is 5.69 Å². The van der Waals surface area contributed by atoms with Crippen LogP contribution in [0.5, 0.6) is 0 Å². The van der Waals surface area contributed by atoms with Gasteiger partial charge in [0.25, 0.3) is 0 Å². The van der Waals surface area contributed by atoms with Gasteiger partial charge in [0.15, 0.2) is 0 Å². The second-order valence-electron chi connectivity index (χ2n) is 4.35. The van der Waals surface area contributed by atoms with E-state index in [1.807, 2.05) is 48.3 Å². The summed E-state index contributed by atoms with van der Waals surface area (Å²) in [5.41, 5.74) is 3.04. The summed E-state index contributed by atoms with van der Waals surface area (Å²) >= 11 is 0. The molecule has 0 spiro atoms. The lowest BCUT2D eigenvalue weighted by molar-refractivity contribution is 0.112. The van der Waals surface area contributed by atoms with E-state index in [0.29, 0.717) is 11.1 Å². The fourth-order valence-corrected chi connectivity index (χ4v) is 1.99. The van der Waals surface area contributed by atoms with Gasteiger partial charge in [-0.1, -0.05) is 30.3 Å². The van der Waals surface area contributed by atoms with Gasteiger partial charge in [0.05, 0.1) is 11.3 Å². The summed E-state index contributed by atoms with van der Waals surface area (Å²) in [5.74, 6) is 0. The van der Waals surface area contributed by atoms with Crippen molar-refractivity contribution in [2.45, 2.75) is 6.54 Å². The molecule has 94 valence electrons. The molecule has 0 atom stereocenters. The van der Waals surface area contributed by atoms with Gasteiger partial charge in [0.1, 0.15) is 12.4 Å². The number of rotatable bonds is 4. The lowest BCUT2D eigenvalue weighted by Gasteiger charge is -2.20. The van der Waals surface area contributed by atoms with Crippen LogP contribution in [-0.4, -0.2) is 13.3 Å². The maximum Gasteiger partial charge on any atom is 0.150 e. The molecule has 2 rings (SSSR count). The van der Waals surface area contributed by atoms with E-state index >= 15 is 0 Å². The van der Waals surface area contributed by atoms with Crippen molar-refractivity contribution in [2.75, 3.05) is 11.9 Å². The summed E-state index contributed by atoms with van der Waals surface area (Å²) in [6.07, 6.45) is 0.752. The predicted octanol–water partition coefficient (Wildman–Crippen LogP) is 3.01. The highest BCUT2D eigenvalue weighted by atomic mass is 16.1. The molecule has 0 saturated carbocycles. The Labute approximate surface area is 112 Å². The Morgan fingerprint density at radius 3 is 2.58 bits per heavy atom. The third-order valence-corrected chi connectivity index (χ3v) is 2.95. The number of nitriles is 1. The van der Waals surface area contributed by atoms with E-state index in [1.54, 1.807) is 12.1 Å². The lowest BCUT2D eigenvalue weighted by atomic mass is 10.1. The van der Waals surface area contributed by atoms with E-state index in [2.05, 4.69) is 6.07 Å². The van der Waals surface area contributed by atoms with Gasteiger partial charge < -0.3 is 4.90 Å². The molecule has 0 N–H and O–H groups in total.